The standard InChI is InChI=1S/C19H36O8/c1-5-22-7-9-24-11-13-26-17(20)15-19(3,4)16-18(21)27-14-12-25-10-8-23-6-2/h5-16H2,1-4H3. The van der Waals surface area contributed by atoms with E-state index in [9.17, 15) is 9.59 Å². The van der Waals surface area contributed by atoms with Crippen LogP contribution in [0.25, 0.3) is 0 Å². The summed E-state index contributed by atoms with van der Waals surface area (Å²) in [4.78, 5) is 23.7. The molecular weight excluding hydrogens is 356 g/mol. The first-order chi connectivity index (χ1) is 12.9. The van der Waals surface area contributed by atoms with Crippen molar-refractivity contribution in [3.05, 3.63) is 0 Å². The Kier molecular flexibility index (Phi) is 16.2. The van der Waals surface area contributed by atoms with Crippen LogP contribution in [0.2, 0.25) is 0 Å². The lowest BCUT2D eigenvalue weighted by molar-refractivity contribution is -0.151. The minimum atomic E-state index is -0.542. The number of carbonyl (C=O) groups is 2. The van der Waals surface area contributed by atoms with Crippen molar-refractivity contribution in [2.24, 2.45) is 5.41 Å². The lowest BCUT2D eigenvalue weighted by atomic mass is 9.86. The van der Waals surface area contributed by atoms with Crippen LogP contribution in [0.15, 0.2) is 0 Å². The Hall–Kier alpha value is -1.22. The first-order valence-corrected chi connectivity index (χ1v) is 9.53. The largest absolute Gasteiger partial charge is 0.463 e. The van der Waals surface area contributed by atoms with E-state index in [1.165, 1.54) is 0 Å². The summed E-state index contributed by atoms with van der Waals surface area (Å²) in [5.41, 5.74) is -0.542. The maximum atomic E-state index is 11.9. The third-order valence-electron chi connectivity index (χ3n) is 3.38. The SMILES string of the molecule is CCOCCOCCOC(=O)CC(C)(C)CC(=O)OCCOCCOCC. The van der Waals surface area contributed by atoms with E-state index in [2.05, 4.69) is 0 Å². The Balaban J connectivity index is 3.74. The number of esters is 2. The van der Waals surface area contributed by atoms with E-state index >= 15 is 0 Å². The molecule has 0 bridgehead atoms. The third-order valence-corrected chi connectivity index (χ3v) is 3.38. The smallest absolute Gasteiger partial charge is 0.306 e. The second-order valence-corrected chi connectivity index (χ2v) is 6.58. The van der Waals surface area contributed by atoms with Gasteiger partial charge in [-0.2, -0.15) is 0 Å². The van der Waals surface area contributed by atoms with Crippen molar-refractivity contribution in [2.45, 2.75) is 40.5 Å². The maximum absolute atomic E-state index is 11.9. The van der Waals surface area contributed by atoms with Crippen LogP contribution < -0.4 is 0 Å². The lowest BCUT2D eigenvalue weighted by Crippen LogP contribution is -2.25. The predicted octanol–water partition coefficient (Wildman–Crippen LogP) is 1.99. The number of carbonyl (C=O) groups excluding carboxylic acids is 2. The minimum Gasteiger partial charge on any atom is -0.463 e. The normalized spacial score (nSPS) is 11.4. The third kappa shape index (κ3) is 17.9. The Labute approximate surface area is 162 Å². The second kappa shape index (κ2) is 16.9. The number of rotatable bonds is 18. The second-order valence-electron chi connectivity index (χ2n) is 6.58. The molecule has 0 rings (SSSR count). The van der Waals surface area contributed by atoms with Gasteiger partial charge in [-0.1, -0.05) is 13.8 Å². The van der Waals surface area contributed by atoms with Gasteiger partial charge in [0.15, 0.2) is 0 Å². The summed E-state index contributed by atoms with van der Waals surface area (Å²) in [6.07, 6.45) is 0.262. The molecule has 8 nitrogen and oxygen atoms in total. The van der Waals surface area contributed by atoms with Gasteiger partial charge in [-0.3, -0.25) is 9.59 Å². The lowest BCUT2D eigenvalue weighted by Gasteiger charge is -2.22. The van der Waals surface area contributed by atoms with Crippen molar-refractivity contribution >= 4 is 11.9 Å². The Bertz CT molecular complexity index is 350. The van der Waals surface area contributed by atoms with Crippen LogP contribution in [0.4, 0.5) is 0 Å². The predicted molar refractivity (Wildman–Crippen MR) is 99.6 cm³/mol. The molecule has 0 amide bonds. The van der Waals surface area contributed by atoms with Crippen molar-refractivity contribution in [2.75, 3.05) is 66.1 Å². The fourth-order valence-corrected chi connectivity index (χ4v) is 2.10. The Morgan fingerprint density at radius 2 is 0.926 bits per heavy atom. The van der Waals surface area contributed by atoms with E-state index in [4.69, 9.17) is 28.4 Å². The first kappa shape index (κ1) is 25.8. The Morgan fingerprint density at radius 1 is 0.593 bits per heavy atom. The van der Waals surface area contributed by atoms with E-state index in [0.29, 0.717) is 52.9 Å². The molecule has 0 aliphatic carbocycles. The van der Waals surface area contributed by atoms with Gasteiger partial charge < -0.3 is 28.4 Å². The monoisotopic (exact) mass is 392 g/mol. The van der Waals surface area contributed by atoms with Gasteiger partial charge in [-0.25, -0.2) is 0 Å². The highest BCUT2D eigenvalue weighted by Crippen LogP contribution is 2.26. The van der Waals surface area contributed by atoms with E-state index < -0.39 is 5.41 Å². The molecular formula is C19H36O8. The van der Waals surface area contributed by atoms with Gasteiger partial charge in [-0.05, 0) is 19.3 Å². The van der Waals surface area contributed by atoms with Crippen LogP contribution >= 0.6 is 0 Å². The van der Waals surface area contributed by atoms with E-state index in [0.717, 1.165) is 0 Å². The summed E-state index contributed by atoms with van der Waals surface area (Å²) >= 11 is 0. The molecule has 0 spiro atoms. The summed E-state index contributed by atoms with van der Waals surface area (Å²) in [6, 6.07) is 0. The van der Waals surface area contributed by atoms with Gasteiger partial charge in [-0.15, -0.1) is 0 Å². The van der Waals surface area contributed by atoms with Gasteiger partial charge in [0.05, 0.1) is 52.5 Å². The molecule has 0 aliphatic rings. The molecule has 0 radical (unpaired) electrons. The van der Waals surface area contributed by atoms with Crippen molar-refractivity contribution in [1.82, 2.24) is 0 Å². The molecule has 8 heteroatoms. The zero-order chi connectivity index (χ0) is 20.4. The number of hydrogen-bond donors (Lipinski definition) is 0. The van der Waals surface area contributed by atoms with E-state index in [1.54, 1.807) is 0 Å². The van der Waals surface area contributed by atoms with Crippen molar-refractivity contribution in [3.8, 4) is 0 Å². The average molecular weight is 392 g/mol. The van der Waals surface area contributed by atoms with Gasteiger partial charge in [0, 0.05) is 13.2 Å². The zero-order valence-electron chi connectivity index (χ0n) is 17.3. The van der Waals surface area contributed by atoms with Crippen LogP contribution in [0.1, 0.15) is 40.5 Å². The summed E-state index contributed by atoms with van der Waals surface area (Å²) in [6.45, 7) is 11.8. The molecule has 0 saturated carbocycles. The zero-order valence-corrected chi connectivity index (χ0v) is 17.3. The topological polar surface area (TPSA) is 89.5 Å². The van der Waals surface area contributed by atoms with Crippen LogP contribution in [0, 0.1) is 5.41 Å². The minimum absolute atomic E-state index is 0.131. The summed E-state index contributed by atoms with van der Waals surface area (Å²) < 4.78 is 31.0. The quantitative estimate of drug-likeness (QED) is 0.258. The summed E-state index contributed by atoms with van der Waals surface area (Å²) in [5, 5.41) is 0. The number of hydrogen-bond acceptors (Lipinski definition) is 8. The van der Waals surface area contributed by atoms with Gasteiger partial charge in [0.25, 0.3) is 0 Å². The van der Waals surface area contributed by atoms with Crippen molar-refractivity contribution in [1.29, 1.82) is 0 Å². The first-order valence-electron chi connectivity index (χ1n) is 9.53. The van der Waals surface area contributed by atoms with E-state index in [1.807, 2.05) is 27.7 Å². The highest BCUT2D eigenvalue weighted by Gasteiger charge is 2.27. The molecule has 0 aromatic rings. The molecule has 0 unspecified atom stereocenters. The van der Waals surface area contributed by atoms with Crippen LogP contribution in [-0.4, -0.2) is 78.0 Å². The van der Waals surface area contributed by atoms with Gasteiger partial charge >= 0.3 is 11.9 Å². The highest BCUT2D eigenvalue weighted by atomic mass is 16.6. The molecule has 0 saturated heterocycles. The summed E-state index contributed by atoms with van der Waals surface area (Å²) in [7, 11) is 0. The van der Waals surface area contributed by atoms with Crippen molar-refractivity contribution < 1.29 is 38.0 Å². The highest BCUT2D eigenvalue weighted by molar-refractivity contribution is 5.74. The van der Waals surface area contributed by atoms with Crippen LogP contribution in [0.5, 0.6) is 0 Å². The van der Waals surface area contributed by atoms with Crippen LogP contribution in [0.3, 0.4) is 0 Å². The summed E-state index contributed by atoms with van der Waals surface area (Å²) in [5.74, 6) is -0.721. The molecule has 0 fully saturated rings. The maximum Gasteiger partial charge on any atom is 0.306 e. The molecule has 0 aromatic heterocycles. The molecule has 0 atom stereocenters. The number of ether oxygens (including phenoxy) is 6. The molecule has 27 heavy (non-hydrogen) atoms. The van der Waals surface area contributed by atoms with Crippen LogP contribution in [-0.2, 0) is 38.0 Å². The Morgan fingerprint density at radius 3 is 1.30 bits per heavy atom. The molecule has 0 N–H and O–H groups in total. The van der Waals surface area contributed by atoms with Crippen molar-refractivity contribution in [3.63, 3.8) is 0 Å². The fraction of sp³-hybridized carbons (Fsp3) is 0.895. The molecule has 0 heterocycles. The molecule has 160 valence electrons. The van der Waals surface area contributed by atoms with Gasteiger partial charge in [0.2, 0.25) is 0 Å². The average Bonchev–Trinajstić information content (AvgIpc) is 2.59. The molecule has 0 aromatic carbocycles. The molecule has 0 aliphatic heterocycles. The fourth-order valence-electron chi connectivity index (χ4n) is 2.10. The van der Waals surface area contributed by atoms with Gasteiger partial charge in [0.1, 0.15) is 13.2 Å². The van der Waals surface area contributed by atoms with E-state index in [-0.39, 0.29) is 38.0 Å².